The first-order valence-corrected chi connectivity index (χ1v) is 9.93. The topological polar surface area (TPSA) is 74.3 Å². The van der Waals surface area contributed by atoms with Crippen LogP contribution < -0.4 is 4.72 Å². The molecule has 2 aromatic rings. The maximum Gasteiger partial charge on any atom is 0.338 e. The number of pyridine rings is 1. The van der Waals surface area contributed by atoms with Crippen LogP contribution in [-0.2, 0) is 16.1 Å². The molecule has 3 atom stereocenters. The highest BCUT2D eigenvalue weighted by Crippen LogP contribution is 2.26. The maximum atomic E-state index is 12.7. The molecule has 0 aliphatic carbocycles. The predicted molar refractivity (Wildman–Crippen MR) is 109 cm³/mol. The van der Waals surface area contributed by atoms with Gasteiger partial charge in [0.2, 0.25) is 0 Å². The number of hydrogen-bond acceptors (Lipinski definition) is 5. The van der Waals surface area contributed by atoms with E-state index in [0.29, 0.717) is 16.3 Å². The van der Waals surface area contributed by atoms with E-state index in [1.54, 1.807) is 42.6 Å². The van der Waals surface area contributed by atoms with Crippen molar-refractivity contribution in [2.75, 3.05) is 0 Å². The number of halogens is 1. The molecular weight excluding hydrogens is 384 g/mol. The molecule has 0 amide bonds. The van der Waals surface area contributed by atoms with Crippen molar-refractivity contribution in [1.29, 1.82) is 0 Å². The van der Waals surface area contributed by atoms with Gasteiger partial charge in [-0.25, -0.2) is 4.79 Å². The largest absolute Gasteiger partial charge is 0.598 e. The molecule has 1 unspecified atom stereocenters. The third kappa shape index (κ3) is 6.07. The molecule has 0 saturated carbocycles. The number of aromatic nitrogens is 1. The summed E-state index contributed by atoms with van der Waals surface area (Å²) in [7, 11) is 0. The second-order valence-electron chi connectivity index (χ2n) is 6.85. The van der Waals surface area contributed by atoms with E-state index >= 15 is 0 Å². The SMILES string of the molecule is C=C[C@H](OC(=O)c1ccccc1)[C@H](N[S+]([O-])C(C)(C)C)c1cc(Cl)ccn1. The molecule has 0 bridgehead atoms. The van der Waals surface area contributed by atoms with Crippen LogP contribution >= 0.6 is 11.6 Å². The van der Waals surface area contributed by atoms with E-state index < -0.39 is 34.2 Å². The average Bonchev–Trinajstić information content (AvgIpc) is 2.64. The van der Waals surface area contributed by atoms with Gasteiger partial charge >= 0.3 is 5.97 Å². The first-order chi connectivity index (χ1) is 12.7. The number of carbonyl (C=O) groups excluding carboxylic acids is 1. The minimum atomic E-state index is -1.43. The molecule has 1 aromatic heterocycles. The number of carbonyl (C=O) groups is 1. The van der Waals surface area contributed by atoms with Crippen LogP contribution in [0.25, 0.3) is 0 Å². The zero-order chi connectivity index (χ0) is 20.0. The predicted octanol–water partition coefficient (Wildman–Crippen LogP) is 4.24. The van der Waals surface area contributed by atoms with E-state index in [0.717, 1.165) is 0 Å². The molecule has 1 aromatic carbocycles. The van der Waals surface area contributed by atoms with Crippen molar-refractivity contribution >= 4 is 28.9 Å². The molecule has 1 heterocycles. The molecule has 0 radical (unpaired) electrons. The van der Waals surface area contributed by atoms with Gasteiger partial charge in [0.1, 0.15) is 16.9 Å². The number of hydrogen-bond donors (Lipinski definition) is 1. The lowest BCUT2D eigenvalue weighted by molar-refractivity contribution is 0.0333. The Morgan fingerprint density at radius 2 is 2.00 bits per heavy atom. The number of nitrogens with zero attached hydrogens (tertiary/aromatic N) is 1. The highest BCUT2D eigenvalue weighted by Gasteiger charge is 2.35. The van der Waals surface area contributed by atoms with E-state index in [1.807, 2.05) is 26.8 Å². The van der Waals surface area contributed by atoms with Gasteiger partial charge in [0, 0.05) is 22.6 Å². The van der Waals surface area contributed by atoms with E-state index in [1.165, 1.54) is 6.08 Å². The van der Waals surface area contributed by atoms with Gasteiger partial charge in [-0.3, -0.25) is 4.98 Å². The summed E-state index contributed by atoms with van der Waals surface area (Å²) in [5, 5.41) is 0.477. The van der Waals surface area contributed by atoms with Crippen LogP contribution in [0.1, 0.15) is 42.9 Å². The lowest BCUT2D eigenvalue weighted by atomic mass is 10.1. The molecule has 0 aliphatic rings. The third-order valence-electron chi connectivity index (χ3n) is 3.67. The lowest BCUT2D eigenvalue weighted by Gasteiger charge is -2.30. The second-order valence-corrected chi connectivity index (χ2v) is 9.28. The van der Waals surface area contributed by atoms with Gasteiger partial charge in [-0.15, -0.1) is 4.72 Å². The number of ether oxygens (including phenoxy) is 1. The molecule has 144 valence electrons. The second kappa shape index (κ2) is 9.37. The van der Waals surface area contributed by atoms with Crippen molar-refractivity contribution in [3.8, 4) is 0 Å². The fraction of sp³-hybridized carbons (Fsp3) is 0.300. The average molecular weight is 407 g/mol. The van der Waals surface area contributed by atoms with Crippen molar-refractivity contribution in [2.45, 2.75) is 37.7 Å². The van der Waals surface area contributed by atoms with E-state index in [2.05, 4.69) is 16.3 Å². The monoisotopic (exact) mass is 406 g/mol. The van der Waals surface area contributed by atoms with Gasteiger partial charge in [-0.05, 0) is 51.1 Å². The van der Waals surface area contributed by atoms with Crippen molar-refractivity contribution in [3.63, 3.8) is 0 Å². The molecule has 0 aliphatic heterocycles. The van der Waals surface area contributed by atoms with Gasteiger partial charge in [0.15, 0.2) is 0 Å². The number of nitrogens with one attached hydrogen (secondary N) is 1. The lowest BCUT2D eigenvalue weighted by Crippen LogP contribution is -2.45. The fourth-order valence-electron chi connectivity index (χ4n) is 2.20. The third-order valence-corrected chi connectivity index (χ3v) is 5.48. The van der Waals surface area contributed by atoms with Crippen molar-refractivity contribution in [1.82, 2.24) is 9.71 Å². The number of benzene rings is 1. The normalized spacial score (nSPS) is 14.9. The van der Waals surface area contributed by atoms with Gasteiger partial charge in [-0.1, -0.05) is 36.4 Å². The summed E-state index contributed by atoms with van der Waals surface area (Å²) < 4.78 is 20.8. The summed E-state index contributed by atoms with van der Waals surface area (Å²) in [6.45, 7) is 9.30. The van der Waals surface area contributed by atoms with Gasteiger partial charge in [0.25, 0.3) is 0 Å². The van der Waals surface area contributed by atoms with Crippen LogP contribution in [0.4, 0.5) is 0 Å². The standard InChI is InChI=1S/C20H23ClN2O3S/c1-5-17(26-19(24)14-9-7-6-8-10-14)18(23-27(25)20(2,3)4)16-13-15(21)11-12-22-16/h5-13,17-18,23H,1H2,2-4H3/t17-,18+,27?/m0/s1. The summed E-state index contributed by atoms with van der Waals surface area (Å²) in [4.78, 5) is 16.8. The van der Waals surface area contributed by atoms with Crippen molar-refractivity contribution in [2.24, 2.45) is 0 Å². The van der Waals surface area contributed by atoms with Crippen molar-refractivity contribution in [3.05, 3.63) is 77.6 Å². The summed E-state index contributed by atoms with van der Waals surface area (Å²) in [5.41, 5.74) is 0.921. The fourth-order valence-corrected chi connectivity index (χ4v) is 3.20. The summed E-state index contributed by atoms with van der Waals surface area (Å²) in [5.74, 6) is -0.504. The van der Waals surface area contributed by atoms with Crippen molar-refractivity contribution < 1.29 is 14.1 Å². The smallest absolute Gasteiger partial charge is 0.338 e. The van der Waals surface area contributed by atoms with Crippen LogP contribution in [0.5, 0.6) is 0 Å². The zero-order valence-corrected chi connectivity index (χ0v) is 17.1. The minimum Gasteiger partial charge on any atom is -0.598 e. The molecule has 2 rings (SSSR count). The Labute approximate surface area is 168 Å². The van der Waals surface area contributed by atoms with Crippen LogP contribution in [0.15, 0.2) is 61.3 Å². The molecular formula is C20H23ClN2O3S. The number of rotatable bonds is 7. The first-order valence-electron chi connectivity index (χ1n) is 8.40. The molecule has 27 heavy (non-hydrogen) atoms. The Balaban J connectivity index is 2.31. The maximum absolute atomic E-state index is 12.7. The van der Waals surface area contributed by atoms with Gasteiger partial charge < -0.3 is 9.29 Å². The van der Waals surface area contributed by atoms with Crippen LogP contribution in [-0.4, -0.2) is 26.4 Å². The zero-order valence-electron chi connectivity index (χ0n) is 15.5. The highest BCUT2D eigenvalue weighted by molar-refractivity contribution is 7.90. The number of esters is 1. The Bertz CT molecular complexity index is 780. The molecule has 5 nitrogen and oxygen atoms in total. The van der Waals surface area contributed by atoms with Crippen LogP contribution in [0.3, 0.4) is 0 Å². The first kappa shape index (κ1) is 21.4. The summed E-state index contributed by atoms with van der Waals surface area (Å²) >= 11 is 4.66. The minimum absolute atomic E-state index is 0.416. The van der Waals surface area contributed by atoms with E-state index in [9.17, 15) is 9.35 Å². The van der Waals surface area contributed by atoms with E-state index in [4.69, 9.17) is 16.3 Å². The quantitative estimate of drug-likeness (QED) is 0.423. The summed E-state index contributed by atoms with van der Waals surface area (Å²) in [6.07, 6.45) is 2.24. The molecule has 0 saturated heterocycles. The van der Waals surface area contributed by atoms with E-state index in [-0.39, 0.29) is 0 Å². The Hall–Kier alpha value is -1.86. The Morgan fingerprint density at radius 3 is 2.56 bits per heavy atom. The summed E-state index contributed by atoms with van der Waals surface area (Å²) in [6, 6.07) is 11.3. The molecule has 0 fully saturated rings. The molecule has 7 heteroatoms. The Morgan fingerprint density at radius 1 is 1.33 bits per heavy atom. The Kier molecular flexibility index (Phi) is 7.44. The highest BCUT2D eigenvalue weighted by atomic mass is 35.5. The molecule has 0 spiro atoms. The van der Waals surface area contributed by atoms with Crippen LogP contribution in [0.2, 0.25) is 5.02 Å². The van der Waals surface area contributed by atoms with Gasteiger partial charge in [-0.2, -0.15) is 0 Å². The van der Waals surface area contributed by atoms with Gasteiger partial charge in [0.05, 0.1) is 11.3 Å². The molecule has 1 N–H and O–H groups in total. The van der Waals surface area contributed by atoms with Crippen LogP contribution in [0, 0.1) is 0 Å².